The predicted molar refractivity (Wildman–Crippen MR) is 122 cm³/mol. The molecule has 4 bridgehead atoms. The van der Waals surface area contributed by atoms with Crippen molar-refractivity contribution >= 4 is 11.8 Å². The first kappa shape index (κ1) is 21.6. The van der Waals surface area contributed by atoms with E-state index < -0.39 is 6.10 Å². The number of β-amino-alcohol motifs (C(OH)–C–C–N with tert-alkyl or cyclic N) is 1. The molecule has 4 saturated carbocycles. The van der Waals surface area contributed by atoms with E-state index in [1.807, 2.05) is 12.1 Å². The highest BCUT2D eigenvalue weighted by Crippen LogP contribution is 2.68. The molecule has 6 fully saturated rings. The van der Waals surface area contributed by atoms with E-state index in [9.17, 15) is 19.1 Å². The van der Waals surface area contributed by atoms with Crippen LogP contribution in [0.3, 0.4) is 0 Å². The van der Waals surface area contributed by atoms with E-state index in [4.69, 9.17) is 0 Å². The average Bonchev–Trinajstić information content (AvgIpc) is 2.79. The van der Waals surface area contributed by atoms with Crippen molar-refractivity contribution in [2.75, 3.05) is 26.2 Å². The number of aliphatic hydroxyl groups is 1. The monoisotopic (exact) mass is 454 g/mol. The van der Waals surface area contributed by atoms with Crippen molar-refractivity contribution in [3.05, 3.63) is 35.6 Å². The fourth-order valence-corrected chi connectivity index (χ4v) is 8.44. The zero-order chi connectivity index (χ0) is 22.8. The van der Waals surface area contributed by atoms with E-state index in [-0.39, 0.29) is 34.4 Å². The Hall–Kier alpha value is -1.95. The molecule has 7 rings (SSSR count). The van der Waals surface area contributed by atoms with Crippen LogP contribution >= 0.6 is 0 Å². The summed E-state index contributed by atoms with van der Waals surface area (Å²) in [5.41, 5.74) is 0.453. The van der Waals surface area contributed by atoms with Gasteiger partial charge in [-0.05, 0) is 86.8 Å². The quantitative estimate of drug-likeness (QED) is 0.758. The van der Waals surface area contributed by atoms with Crippen LogP contribution in [0.1, 0.15) is 63.4 Å². The van der Waals surface area contributed by atoms with Gasteiger partial charge in [-0.2, -0.15) is 0 Å². The van der Waals surface area contributed by atoms with Crippen LogP contribution in [0.4, 0.5) is 4.39 Å². The first-order chi connectivity index (χ1) is 15.9. The van der Waals surface area contributed by atoms with Gasteiger partial charge in [-0.1, -0.05) is 12.1 Å². The third-order valence-corrected chi connectivity index (χ3v) is 9.78. The number of piperidine rings is 1. The minimum atomic E-state index is -0.417. The fourth-order valence-electron chi connectivity index (χ4n) is 8.44. The van der Waals surface area contributed by atoms with Gasteiger partial charge in [-0.15, -0.1) is 0 Å². The highest BCUT2D eigenvalue weighted by Gasteiger charge is 2.65. The van der Waals surface area contributed by atoms with Crippen molar-refractivity contribution in [2.24, 2.45) is 23.2 Å². The molecule has 6 aliphatic rings. The lowest BCUT2D eigenvalue weighted by Crippen LogP contribution is -2.64. The van der Waals surface area contributed by atoms with Gasteiger partial charge in [0.25, 0.3) is 0 Å². The number of nitrogens with zero attached hydrogens (tertiary/aromatic N) is 2. The lowest BCUT2D eigenvalue weighted by molar-refractivity contribution is -0.172. The van der Waals surface area contributed by atoms with Gasteiger partial charge in [-0.3, -0.25) is 9.59 Å². The number of halogens is 1. The molecule has 2 saturated heterocycles. The Kier molecular flexibility index (Phi) is 5.09. The molecule has 178 valence electrons. The molecule has 33 heavy (non-hydrogen) atoms. The summed E-state index contributed by atoms with van der Waals surface area (Å²) >= 11 is 0. The lowest BCUT2D eigenvalue weighted by Gasteiger charge is -2.65. The van der Waals surface area contributed by atoms with Crippen LogP contribution in [0, 0.1) is 29.0 Å². The van der Waals surface area contributed by atoms with Gasteiger partial charge in [0, 0.05) is 38.0 Å². The fraction of sp³-hybridized carbons (Fsp3) is 0.704. The molecular formula is C27H35FN2O3. The molecule has 1 aromatic carbocycles. The molecular weight excluding hydrogens is 419 g/mol. The molecule has 0 aromatic heterocycles. The van der Waals surface area contributed by atoms with E-state index in [2.05, 4.69) is 4.90 Å². The summed E-state index contributed by atoms with van der Waals surface area (Å²) in [6.07, 6.45) is 8.22. The van der Waals surface area contributed by atoms with Crippen molar-refractivity contribution in [1.82, 2.24) is 9.80 Å². The van der Waals surface area contributed by atoms with Crippen LogP contribution in [0.25, 0.3) is 0 Å². The molecule has 1 aromatic rings. The van der Waals surface area contributed by atoms with Crippen LogP contribution in [-0.2, 0) is 15.0 Å². The number of likely N-dealkylation sites (tertiary alicyclic amines) is 2. The second-order valence-corrected chi connectivity index (χ2v) is 11.7. The van der Waals surface area contributed by atoms with Crippen molar-refractivity contribution < 1.29 is 19.1 Å². The predicted octanol–water partition coefficient (Wildman–Crippen LogP) is 3.50. The van der Waals surface area contributed by atoms with E-state index in [0.29, 0.717) is 31.3 Å². The van der Waals surface area contributed by atoms with E-state index >= 15 is 0 Å². The highest BCUT2D eigenvalue weighted by molar-refractivity contribution is 5.84. The molecule has 2 atom stereocenters. The number of carbonyl (C=O) groups excluding carboxylic acids is 2. The Morgan fingerprint density at radius 1 is 0.939 bits per heavy atom. The summed E-state index contributed by atoms with van der Waals surface area (Å²) in [4.78, 5) is 31.1. The number of carbonyl (C=O) groups is 2. The van der Waals surface area contributed by atoms with Gasteiger partial charge in [0.15, 0.2) is 0 Å². The first-order valence-electron chi connectivity index (χ1n) is 12.9. The van der Waals surface area contributed by atoms with Crippen LogP contribution < -0.4 is 0 Å². The van der Waals surface area contributed by atoms with Crippen molar-refractivity contribution in [3.63, 3.8) is 0 Å². The van der Waals surface area contributed by atoms with Crippen molar-refractivity contribution in [3.8, 4) is 0 Å². The smallest absolute Gasteiger partial charge is 0.228 e. The molecule has 2 aliphatic heterocycles. The molecule has 1 N–H and O–H groups in total. The number of hydrogen-bond donors (Lipinski definition) is 1. The summed E-state index contributed by atoms with van der Waals surface area (Å²) in [7, 11) is 0. The maximum atomic E-state index is 13.9. The molecule has 4 aliphatic carbocycles. The van der Waals surface area contributed by atoms with Crippen LogP contribution in [0.2, 0.25) is 0 Å². The number of amides is 2. The van der Waals surface area contributed by atoms with Crippen LogP contribution in [-0.4, -0.2) is 59.0 Å². The topological polar surface area (TPSA) is 60.9 Å². The number of rotatable bonds is 4. The Labute approximate surface area is 195 Å². The Morgan fingerprint density at radius 3 is 2.18 bits per heavy atom. The Bertz CT molecular complexity index is 919. The maximum absolute atomic E-state index is 13.9. The van der Waals surface area contributed by atoms with Crippen LogP contribution in [0.15, 0.2) is 24.3 Å². The Balaban J connectivity index is 1.35. The van der Waals surface area contributed by atoms with Crippen LogP contribution in [0.5, 0.6) is 0 Å². The number of benzene rings is 1. The summed E-state index contributed by atoms with van der Waals surface area (Å²) < 4.78 is 13.9. The number of hydrogen-bond acceptors (Lipinski definition) is 3. The third kappa shape index (κ3) is 3.35. The van der Waals surface area contributed by atoms with Gasteiger partial charge in [0.2, 0.25) is 11.8 Å². The van der Waals surface area contributed by atoms with Gasteiger partial charge in [-0.25, -0.2) is 4.39 Å². The normalized spacial score (nSPS) is 37.8. The first-order valence-corrected chi connectivity index (χ1v) is 12.9. The van der Waals surface area contributed by atoms with E-state index in [0.717, 1.165) is 63.6 Å². The van der Waals surface area contributed by atoms with Gasteiger partial charge in [0.05, 0.1) is 11.5 Å². The van der Waals surface area contributed by atoms with Gasteiger partial charge >= 0.3 is 0 Å². The summed E-state index contributed by atoms with van der Waals surface area (Å²) in [5.74, 6) is 1.27. The van der Waals surface area contributed by atoms with E-state index in [1.54, 1.807) is 4.90 Å². The zero-order valence-electron chi connectivity index (χ0n) is 19.3. The molecule has 2 heterocycles. The van der Waals surface area contributed by atoms with E-state index in [1.165, 1.54) is 18.6 Å². The molecule has 0 spiro atoms. The standard InChI is InChI=1S/C27H35FN2O3/c28-22-6-4-19(5-7-22)27(15-24(32)30-16-23(31)17-30)20-10-18-11-21(27)14-26(12-18,13-20)25(33)29-8-2-1-3-9-29/h4-7,18,20-21,23,31H,1-3,8-17H2. The maximum Gasteiger partial charge on any atom is 0.228 e. The molecule has 0 radical (unpaired) electrons. The molecule has 5 nitrogen and oxygen atoms in total. The summed E-state index contributed by atoms with van der Waals surface area (Å²) in [6.45, 7) is 2.60. The molecule has 2 amide bonds. The summed E-state index contributed by atoms with van der Waals surface area (Å²) in [6, 6.07) is 6.81. The van der Waals surface area contributed by atoms with Crippen molar-refractivity contribution in [1.29, 1.82) is 0 Å². The third-order valence-electron chi connectivity index (χ3n) is 9.78. The largest absolute Gasteiger partial charge is 0.389 e. The second kappa shape index (κ2) is 7.79. The second-order valence-electron chi connectivity index (χ2n) is 11.7. The lowest BCUT2D eigenvalue weighted by atomic mass is 9.39. The van der Waals surface area contributed by atoms with Gasteiger partial charge in [0.1, 0.15) is 5.82 Å². The average molecular weight is 455 g/mol. The Morgan fingerprint density at radius 2 is 1.58 bits per heavy atom. The van der Waals surface area contributed by atoms with Crippen molar-refractivity contribution in [2.45, 2.75) is 69.3 Å². The minimum Gasteiger partial charge on any atom is -0.389 e. The SMILES string of the molecule is O=C(CC1(c2ccc(F)cc2)C2CC3CC1CC(C(=O)N1CCCCC1)(C3)C2)N1CC(O)C1. The molecule has 6 heteroatoms. The zero-order valence-corrected chi connectivity index (χ0v) is 19.3. The summed E-state index contributed by atoms with van der Waals surface area (Å²) in [5, 5.41) is 9.73. The number of aliphatic hydroxyl groups excluding tert-OH is 1. The van der Waals surface area contributed by atoms with Gasteiger partial charge < -0.3 is 14.9 Å². The molecule has 2 unspecified atom stereocenters. The minimum absolute atomic E-state index is 0.0912. The highest BCUT2D eigenvalue weighted by atomic mass is 19.1.